The Morgan fingerprint density at radius 2 is 1.92 bits per heavy atom. The van der Waals surface area contributed by atoms with Crippen molar-refractivity contribution in [3.8, 4) is 0 Å². The minimum Gasteiger partial charge on any atom is -0.394 e. The lowest BCUT2D eigenvalue weighted by Gasteiger charge is -2.28. The van der Waals surface area contributed by atoms with Gasteiger partial charge in [-0.2, -0.15) is 0 Å². The van der Waals surface area contributed by atoms with Gasteiger partial charge in [0, 0.05) is 0 Å². The monoisotopic (exact) mass is 186 g/mol. The highest BCUT2D eigenvalue weighted by Gasteiger charge is 2.20. The van der Waals surface area contributed by atoms with Gasteiger partial charge in [-0.1, -0.05) is 19.8 Å². The lowest BCUT2D eigenvalue weighted by atomic mass is 9.85. The maximum atomic E-state index is 8.61. The molecule has 0 saturated heterocycles. The Hall–Kier alpha value is -0.0800. The van der Waals surface area contributed by atoms with Crippen LogP contribution in [0.25, 0.3) is 0 Å². The third kappa shape index (κ3) is 4.10. The van der Waals surface area contributed by atoms with Gasteiger partial charge in [-0.3, -0.25) is 0 Å². The molecule has 78 valence electrons. The summed E-state index contributed by atoms with van der Waals surface area (Å²) >= 11 is 0. The highest BCUT2D eigenvalue weighted by atomic mass is 16.5. The Morgan fingerprint density at radius 3 is 2.46 bits per heavy atom. The Morgan fingerprint density at radius 1 is 1.23 bits per heavy atom. The summed E-state index contributed by atoms with van der Waals surface area (Å²) < 4.78 is 5.51. The van der Waals surface area contributed by atoms with Crippen molar-refractivity contribution in [2.24, 2.45) is 5.92 Å². The molecule has 0 aromatic heterocycles. The molecule has 0 aromatic rings. The molecule has 13 heavy (non-hydrogen) atoms. The Labute approximate surface area is 81.3 Å². The van der Waals surface area contributed by atoms with Gasteiger partial charge in [-0.05, 0) is 31.6 Å². The van der Waals surface area contributed by atoms with Gasteiger partial charge in [-0.15, -0.1) is 0 Å². The Balaban J connectivity index is 2.08. The van der Waals surface area contributed by atoms with E-state index in [0.29, 0.717) is 12.7 Å². The molecule has 1 aliphatic carbocycles. The molecule has 0 unspecified atom stereocenters. The van der Waals surface area contributed by atoms with Crippen molar-refractivity contribution in [2.45, 2.75) is 51.6 Å². The minimum absolute atomic E-state index is 0.162. The van der Waals surface area contributed by atoms with E-state index < -0.39 is 0 Å². The first-order chi connectivity index (χ1) is 6.36. The molecule has 0 aliphatic heterocycles. The first kappa shape index (κ1) is 11.0. The summed E-state index contributed by atoms with van der Waals surface area (Å²) in [6.45, 7) is 2.94. The fourth-order valence-electron chi connectivity index (χ4n) is 2.21. The predicted molar refractivity (Wildman–Crippen MR) is 53.7 cm³/mol. The van der Waals surface area contributed by atoms with Crippen LogP contribution < -0.4 is 0 Å². The van der Waals surface area contributed by atoms with Crippen molar-refractivity contribution in [1.29, 1.82) is 0 Å². The molecule has 0 aromatic carbocycles. The highest BCUT2D eigenvalue weighted by molar-refractivity contribution is 4.72. The van der Waals surface area contributed by atoms with E-state index in [-0.39, 0.29) is 6.61 Å². The van der Waals surface area contributed by atoms with Gasteiger partial charge < -0.3 is 9.84 Å². The standard InChI is InChI=1S/C11H22O2/c1-2-3-10-4-6-11(7-5-10)13-9-8-12/h10-12H,2-9H2,1H3. The zero-order valence-electron chi connectivity index (χ0n) is 8.67. The summed E-state index contributed by atoms with van der Waals surface area (Å²) in [5.74, 6) is 0.943. The van der Waals surface area contributed by atoms with E-state index >= 15 is 0 Å². The molecular weight excluding hydrogens is 164 g/mol. The second kappa shape index (κ2) is 6.39. The molecule has 1 fully saturated rings. The maximum Gasteiger partial charge on any atom is 0.0701 e. The number of ether oxygens (including phenoxy) is 1. The van der Waals surface area contributed by atoms with Crippen molar-refractivity contribution in [2.75, 3.05) is 13.2 Å². The summed E-state index contributed by atoms with van der Waals surface area (Å²) in [5, 5.41) is 8.61. The van der Waals surface area contributed by atoms with Crippen molar-refractivity contribution in [3.05, 3.63) is 0 Å². The van der Waals surface area contributed by atoms with Crippen LogP contribution in [0.4, 0.5) is 0 Å². The van der Waals surface area contributed by atoms with Crippen LogP contribution in [0.5, 0.6) is 0 Å². The van der Waals surface area contributed by atoms with Crippen LogP contribution in [-0.4, -0.2) is 24.4 Å². The van der Waals surface area contributed by atoms with Gasteiger partial charge >= 0.3 is 0 Å². The molecular formula is C11H22O2. The Bertz CT molecular complexity index is 117. The lowest BCUT2D eigenvalue weighted by molar-refractivity contribution is -0.000188. The average Bonchev–Trinajstić information content (AvgIpc) is 2.17. The quantitative estimate of drug-likeness (QED) is 0.714. The molecule has 1 rings (SSSR count). The van der Waals surface area contributed by atoms with Gasteiger partial charge in [-0.25, -0.2) is 0 Å². The van der Waals surface area contributed by atoms with Gasteiger partial charge in [0.2, 0.25) is 0 Å². The maximum absolute atomic E-state index is 8.61. The summed E-state index contributed by atoms with van der Waals surface area (Å²) in [6, 6.07) is 0. The van der Waals surface area contributed by atoms with Crippen LogP contribution in [0.3, 0.4) is 0 Å². The smallest absolute Gasteiger partial charge is 0.0701 e. The van der Waals surface area contributed by atoms with Crippen molar-refractivity contribution in [1.82, 2.24) is 0 Å². The van der Waals surface area contributed by atoms with Crippen LogP contribution >= 0.6 is 0 Å². The van der Waals surface area contributed by atoms with E-state index in [9.17, 15) is 0 Å². The van der Waals surface area contributed by atoms with Crippen LogP contribution in [-0.2, 0) is 4.74 Å². The topological polar surface area (TPSA) is 29.5 Å². The fourth-order valence-corrected chi connectivity index (χ4v) is 2.21. The van der Waals surface area contributed by atoms with Gasteiger partial charge in [0.15, 0.2) is 0 Å². The highest BCUT2D eigenvalue weighted by Crippen LogP contribution is 2.29. The zero-order valence-corrected chi connectivity index (χ0v) is 8.67. The normalized spacial score (nSPS) is 29.1. The molecule has 1 N–H and O–H groups in total. The molecule has 0 spiro atoms. The van der Waals surface area contributed by atoms with E-state index in [4.69, 9.17) is 9.84 Å². The molecule has 1 saturated carbocycles. The van der Waals surface area contributed by atoms with Crippen molar-refractivity contribution >= 4 is 0 Å². The van der Waals surface area contributed by atoms with Crippen LogP contribution in [0.2, 0.25) is 0 Å². The average molecular weight is 186 g/mol. The number of aliphatic hydroxyl groups excluding tert-OH is 1. The molecule has 2 nitrogen and oxygen atoms in total. The SMILES string of the molecule is CCCC1CCC(OCCO)CC1. The van der Waals surface area contributed by atoms with Gasteiger partial charge in [0.1, 0.15) is 0 Å². The molecule has 0 heterocycles. The second-order valence-corrected chi connectivity index (χ2v) is 4.03. The van der Waals surface area contributed by atoms with Crippen LogP contribution in [0.15, 0.2) is 0 Å². The summed E-state index contributed by atoms with van der Waals surface area (Å²) in [4.78, 5) is 0. The van der Waals surface area contributed by atoms with Crippen molar-refractivity contribution in [3.63, 3.8) is 0 Å². The largest absolute Gasteiger partial charge is 0.394 e. The van der Waals surface area contributed by atoms with E-state index in [1.54, 1.807) is 0 Å². The predicted octanol–water partition coefficient (Wildman–Crippen LogP) is 2.35. The molecule has 2 heteroatoms. The first-order valence-corrected chi connectivity index (χ1v) is 5.59. The lowest BCUT2D eigenvalue weighted by Crippen LogP contribution is -2.22. The fraction of sp³-hybridized carbons (Fsp3) is 1.00. The molecule has 0 bridgehead atoms. The van der Waals surface area contributed by atoms with E-state index in [1.165, 1.54) is 38.5 Å². The number of hydrogen-bond donors (Lipinski definition) is 1. The third-order valence-corrected chi connectivity index (χ3v) is 2.94. The number of rotatable bonds is 5. The summed E-state index contributed by atoms with van der Waals surface area (Å²) in [5.41, 5.74) is 0. The van der Waals surface area contributed by atoms with Crippen molar-refractivity contribution < 1.29 is 9.84 Å². The van der Waals surface area contributed by atoms with E-state index in [0.717, 1.165) is 5.92 Å². The number of aliphatic hydroxyl groups is 1. The second-order valence-electron chi connectivity index (χ2n) is 4.03. The summed E-state index contributed by atoms with van der Waals surface area (Å²) in [6.07, 6.45) is 8.17. The van der Waals surface area contributed by atoms with Gasteiger partial charge in [0.25, 0.3) is 0 Å². The summed E-state index contributed by atoms with van der Waals surface area (Å²) in [7, 11) is 0. The van der Waals surface area contributed by atoms with Gasteiger partial charge in [0.05, 0.1) is 19.3 Å². The minimum atomic E-state index is 0.162. The molecule has 1 aliphatic rings. The van der Waals surface area contributed by atoms with Crippen LogP contribution in [0.1, 0.15) is 45.4 Å². The first-order valence-electron chi connectivity index (χ1n) is 5.59. The Kier molecular flexibility index (Phi) is 5.40. The third-order valence-electron chi connectivity index (χ3n) is 2.94. The number of hydrogen-bond acceptors (Lipinski definition) is 2. The molecule has 0 radical (unpaired) electrons. The van der Waals surface area contributed by atoms with E-state index in [1.807, 2.05) is 0 Å². The van der Waals surface area contributed by atoms with Crippen LogP contribution in [0, 0.1) is 5.92 Å². The van der Waals surface area contributed by atoms with E-state index in [2.05, 4.69) is 6.92 Å². The molecule has 0 atom stereocenters. The molecule has 0 amide bonds. The zero-order chi connectivity index (χ0) is 9.52.